The first-order valence-electron chi connectivity index (χ1n) is 4.80. The van der Waals surface area contributed by atoms with Crippen molar-refractivity contribution in [3.05, 3.63) is 29.6 Å². The van der Waals surface area contributed by atoms with Crippen molar-refractivity contribution in [2.24, 2.45) is 0 Å². The third-order valence-electron chi connectivity index (χ3n) is 2.01. The predicted octanol–water partition coefficient (Wildman–Crippen LogP) is 2.69. The van der Waals surface area contributed by atoms with Crippen LogP contribution in [0.1, 0.15) is 0 Å². The molecule has 0 unspecified atom stereocenters. The number of hydrogen-bond donors (Lipinski definition) is 2. The number of carbonyl (C=O) groups excluding carboxylic acids is 1. The van der Waals surface area contributed by atoms with Gasteiger partial charge < -0.3 is 10.4 Å². The molecule has 1 aromatic carbocycles. The van der Waals surface area contributed by atoms with E-state index in [1.165, 1.54) is 11.3 Å². The Hall–Kier alpha value is -1.59. The van der Waals surface area contributed by atoms with Crippen molar-refractivity contribution in [3.63, 3.8) is 0 Å². The van der Waals surface area contributed by atoms with Crippen LogP contribution in [0.2, 0.25) is 0 Å². The molecule has 0 saturated carbocycles. The van der Waals surface area contributed by atoms with Gasteiger partial charge in [0.2, 0.25) is 5.91 Å². The highest BCUT2D eigenvalue weighted by molar-refractivity contribution is 7.14. The van der Waals surface area contributed by atoms with Gasteiger partial charge in [-0.05, 0) is 12.1 Å². The number of phenols is 1. The predicted molar refractivity (Wildman–Crippen MR) is 68.6 cm³/mol. The van der Waals surface area contributed by atoms with Crippen LogP contribution in [0.3, 0.4) is 0 Å². The summed E-state index contributed by atoms with van der Waals surface area (Å²) < 4.78 is 0. The molecule has 1 aromatic heterocycles. The second-order valence-electron chi connectivity index (χ2n) is 3.27. The molecule has 0 spiro atoms. The summed E-state index contributed by atoms with van der Waals surface area (Å²) >= 11 is 6.69. The van der Waals surface area contributed by atoms with Crippen molar-refractivity contribution in [1.29, 1.82) is 0 Å². The van der Waals surface area contributed by atoms with Crippen LogP contribution in [-0.2, 0) is 4.79 Å². The van der Waals surface area contributed by atoms with E-state index in [4.69, 9.17) is 11.6 Å². The molecule has 0 atom stereocenters. The van der Waals surface area contributed by atoms with Crippen LogP contribution in [0, 0.1) is 0 Å². The summed E-state index contributed by atoms with van der Waals surface area (Å²) in [5.41, 5.74) is 1.50. The topological polar surface area (TPSA) is 62.2 Å². The van der Waals surface area contributed by atoms with Crippen LogP contribution < -0.4 is 5.32 Å². The third-order valence-corrected chi connectivity index (χ3v) is 3.01. The van der Waals surface area contributed by atoms with Gasteiger partial charge in [-0.3, -0.25) is 4.79 Å². The molecule has 2 N–H and O–H groups in total. The fourth-order valence-corrected chi connectivity index (χ4v) is 2.08. The second-order valence-corrected chi connectivity index (χ2v) is 4.40. The molecule has 17 heavy (non-hydrogen) atoms. The maximum Gasteiger partial charge on any atom is 0.241 e. The van der Waals surface area contributed by atoms with Crippen LogP contribution >= 0.6 is 22.9 Å². The molecule has 0 radical (unpaired) electrons. The average Bonchev–Trinajstić information content (AvgIpc) is 2.77. The van der Waals surface area contributed by atoms with Crippen molar-refractivity contribution in [2.45, 2.75) is 0 Å². The minimum Gasteiger partial charge on any atom is -0.508 e. The summed E-state index contributed by atoms with van der Waals surface area (Å²) in [7, 11) is 0. The number of hydrogen-bond acceptors (Lipinski definition) is 4. The van der Waals surface area contributed by atoms with E-state index in [2.05, 4.69) is 10.3 Å². The molecule has 1 heterocycles. The lowest BCUT2D eigenvalue weighted by Gasteiger charge is -1.98. The molecule has 0 aliphatic rings. The molecule has 4 nitrogen and oxygen atoms in total. The molecule has 2 aromatic rings. The van der Waals surface area contributed by atoms with E-state index in [1.807, 2.05) is 6.07 Å². The average molecular weight is 269 g/mol. The summed E-state index contributed by atoms with van der Waals surface area (Å²) in [6, 6.07) is 6.78. The Morgan fingerprint density at radius 3 is 3.06 bits per heavy atom. The van der Waals surface area contributed by atoms with Crippen LogP contribution in [0.4, 0.5) is 5.13 Å². The number of anilines is 1. The summed E-state index contributed by atoms with van der Waals surface area (Å²) in [6.45, 7) is 0. The first-order valence-corrected chi connectivity index (χ1v) is 6.21. The van der Waals surface area contributed by atoms with Gasteiger partial charge in [-0.15, -0.1) is 22.9 Å². The minimum atomic E-state index is -0.288. The highest BCUT2D eigenvalue weighted by Crippen LogP contribution is 2.26. The number of alkyl halides is 1. The molecule has 6 heteroatoms. The number of benzene rings is 1. The van der Waals surface area contributed by atoms with Gasteiger partial charge in [0.15, 0.2) is 5.13 Å². The van der Waals surface area contributed by atoms with Gasteiger partial charge in [-0.1, -0.05) is 12.1 Å². The lowest BCUT2D eigenvalue weighted by Crippen LogP contribution is -2.12. The summed E-state index contributed by atoms with van der Waals surface area (Å²) in [5.74, 6) is -0.202. The fraction of sp³-hybridized carbons (Fsp3) is 0.0909. The van der Waals surface area contributed by atoms with E-state index in [-0.39, 0.29) is 17.5 Å². The summed E-state index contributed by atoms with van der Waals surface area (Å²) in [4.78, 5) is 15.3. The number of halogens is 1. The number of aromatic nitrogens is 1. The molecule has 2 rings (SSSR count). The Morgan fingerprint density at radius 2 is 2.35 bits per heavy atom. The van der Waals surface area contributed by atoms with Crippen LogP contribution in [0.5, 0.6) is 5.75 Å². The van der Waals surface area contributed by atoms with Gasteiger partial charge in [-0.2, -0.15) is 0 Å². The SMILES string of the molecule is O=C(CCl)Nc1nc(-c2cccc(O)c2)cs1. The number of thiazole rings is 1. The minimum absolute atomic E-state index is 0.0962. The van der Waals surface area contributed by atoms with Gasteiger partial charge in [0, 0.05) is 10.9 Å². The quantitative estimate of drug-likeness (QED) is 0.842. The number of carbonyl (C=O) groups is 1. The molecular weight excluding hydrogens is 260 g/mol. The zero-order valence-electron chi connectivity index (χ0n) is 8.68. The van der Waals surface area contributed by atoms with Gasteiger partial charge in [0.25, 0.3) is 0 Å². The number of nitrogens with zero attached hydrogens (tertiary/aromatic N) is 1. The van der Waals surface area contributed by atoms with Crippen molar-refractivity contribution in [2.75, 3.05) is 11.2 Å². The van der Waals surface area contributed by atoms with Crippen molar-refractivity contribution in [1.82, 2.24) is 4.98 Å². The monoisotopic (exact) mass is 268 g/mol. The molecule has 0 saturated heterocycles. The number of amides is 1. The summed E-state index contributed by atoms with van der Waals surface area (Å²) in [5, 5.41) is 14.2. The Kier molecular flexibility index (Phi) is 3.61. The van der Waals surface area contributed by atoms with E-state index in [0.717, 1.165) is 5.56 Å². The lowest BCUT2D eigenvalue weighted by atomic mass is 10.2. The molecule has 0 fully saturated rings. The van der Waals surface area contributed by atoms with Gasteiger partial charge in [0.1, 0.15) is 11.6 Å². The van der Waals surface area contributed by atoms with Crippen molar-refractivity contribution >= 4 is 34.0 Å². The number of nitrogens with one attached hydrogen (secondary N) is 1. The van der Waals surface area contributed by atoms with E-state index < -0.39 is 0 Å². The Balaban J connectivity index is 2.21. The molecule has 1 amide bonds. The Labute approximate surface area is 107 Å². The first-order chi connectivity index (χ1) is 8.19. The largest absolute Gasteiger partial charge is 0.508 e. The maximum atomic E-state index is 11.1. The second kappa shape index (κ2) is 5.16. The highest BCUT2D eigenvalue weighted by atomic mass is 35.5. The Morgan fingerprint density at radius 1 is 1.53 bits per heavy atom. The third kappa shape index (κ3) is 2.95. The number of rotatable bonds is 3. The standard InChI is InChI=1S/C11H9ClN2O2S/c12-5-10(16)14-11-13-9(6-17-11)7-2-1-3-8(15)4-7/h1-4,6,15H,5H2,(H,13,14,16). The summed E-state index contributed by atoms with van der Waals surface area (Å²) in [6.07, 6.45) is 0. The molecule has 0 aliphatic heterocycles. The lowest BCUT2D eigenvalue weighted by molar-refractivity contribution is -0.113. The molecule has 88 valence electrons. The van der Waals surface area contributed by atoms with Gasteiger partial charge in [-0.25, -0.2) is 4.98 Å². The first kappa shape index (κ1) is 11.9. The zero-order valence-corrected chi connectivity index (χ0v) is 10.3. The van der Waals surface area contributed by atoms with E-state index in [1.54, 1.807) is 23.6 Å². The van der Waals surface area contributed by atoms with Crippen molar-refractivity contribution < 1.29 is 9.90 Å². The highest BCUT2D eigenvalue weighted by Gasteiger charge is 2.07. The fourth-order valence-electron chi connectivity index (χ4n) is 1.28. The molecule has 0 aliphatic carbocycles. The number of phenolic OH excluding ortho intramolecular Hbond substituents is 1. The Bertz CT molecular complexity index is 542. The van der Waals surface area contributed by atoms with Crippen LogP contribution in [-0.4, -0.2) is 21.9 Å². The van der Waals surface area contributed by atoms with Crippen LogP contribution in [0.25, 0.3) is 11.3 Å². The molecule has 0 bridgehead atoms. The van der Waals surface area contributed by atoms with Crippen LogP contribution in [0.15, 0.2) is 29.6 Å². The van der Waals surface area contributed by atoms with E-state index in [9.17, 15) is 9.90 Å². The van der Waals surface area contributed by atoms with E-state index in [0.29, 0.717) is 10.8 Å². The maximum absolute atomic E-state index is 11.1. The zero-order chi connectivity index (χ0) is 12.3. The van der Waals surface area contributed by atoms with Crippen molar-refractivity contribution in [3.8, 4) is 17.0 Å². The van der Waals surface area contributed by atoms with Gasteiger partial charge >= 0.3 is 0 Å². The van der Waals surface area contributed by atoms with E-state index >= 15 is 0 Å². The smallest absolute Gasteiger partial charge is 0.241 e. The van der Waals surface area contributed by atoms with Gasteiger partial charge in [0.05, 0.1) is 5.69 Å². The molecular formula is C11H9ClN2O2S. The normalized spacial score (nSPS) is 10.2. The number of aromatic hydroxyl groups is 1.